The molecule has 0 spiro atoms. The number of pyridine rings is 1. The van der Waals surface area contributed by atoms with E-state index in [2.05, 4.69) is 4.98 Å². The van der Waals surface area contributed by atoms with E-state index in [-0.39, 0.29) is 23.9 Å². The first kappa shape index (κ1) is 11.3. The van der Waals surface area contributed by atoms with Crippen LogP contribution in [0.3, 0.4) is 0 Å². The molecule has 0 N–H and O–H groups in total. The van der Waals surface area contributed by atoms with Gasteiger partial charge in [0.15, 0.2) is 5.78 Å². The molecule has 3 nitrogen and oxygen atoms in total. The van der Waals surface area contributed by atoms with Crippen LogP contribution in [0.15, 0.2) is 24.4 Å². The molecule has 16 heavy (non-hydrogen) atoms. The van der Waals surface area contributed by atoms with Crippen molar-refractivity contribution in [2.75, 3.05) is 0 Å². The fourth-order valence-electron chi connectivity index (χ4n) is 2.07. The highest BCUT2D eigenvalue weighted by atomic mass is 16.5. The van der Waals surface area contributed by atoms with E-state index in [0.717, 1.165) is 18.5 Å². The van der Waals surface area contributed by atoms with Gasteiger partial charge >= 0.3 is 0 Å². The Morgan fingerprint density at radius 3 is 2.88 bits per heavy atom. The number of ketones is 1. The highest BCUT2D eigenvalue weighted by Crippen LogP contribution is 2.25. The Morgan fingerprint density at radius 1 is 1.50 bits per heavy atom. The molecule has 86 valence electrons. The lowest BCUT2D eigenvalue weighted by Gasteiger charge is -2.15. The lowest BCUT2D eigenvalue weighted by atomic mass is 9.96. The molecule has 3 unspecified atom stereocenters. The number of ether oxygens (including phenoxy) is 1. The van der Waals surface area contributed by atoms with E-state index < -0.39 is 0 Å². The predicted octanol–water partition coefficient (Wildman–Crippen LogP) is 2.32. The van der Waals surface area contributed by atoms with E-state index in [4.69, 9.17) is 4.74 Å². The molecule has 2 heterocycles. The summed E-state index contributed by atoms with van der Waals surface area (Å²) in [6.45, 7) is 3.91. The number of nitrogens with zero attached hydrogens (tertiary/aromatic N) is 1. The Kier molecular flexibility index (Phi) is 3.34. The second-order valence-corrected chi connectivity index (χ2v) is 4.39. The Morgan fingerprint density at radius 2 is 2.31 bits per heavy atom. The molecule has 1 fully saturated rings. The summed E-state index contributed by atoms with van der Waals surface area (Å²) in [4.78, 5) is 16.3. The summed E-state index contributed by atoms with van der Waals surface area (Å²) in [5, 5.41) is 0. The van der Waals surface area contributed by atoms with E-state index in [9.17, 15) is 4.79 Å². The second-order valence-electron chi connectivity index (χ2n) is 4.39. The van der Waals surface area contributed by atoms with Gasteiger partial charge in [-0.1, -0.05) is 6.07 Å². The predicted molar refractivity (Wildman–Crippen MR) is 61.2 cm³/mol. The van der Waals surface area contributed by atoms with Gasteiger partial charge in [-0.3, -0.25) is 9.78 Å². The van der Waals surface area contributed by atoms with Crippen LogP contribution in [0.1, 0.15) is 38.3 Å². The monoisotopic (exact) mass is 219 g/mol. The zero-order valence-corrected chi connectivity index (χ0v) is 9.72. The van der Waals surface area contributed by atoms with Crippen molar-refractivity contribution in [1.82, 2.24) is 4.98 Å². The maximum absolute atomic E-state index is 12.1. The number of hydrogen-bond donors (Lipinski definition) is 0. The van der Waals surface area contributed by atoms with Gasteiger partial charge in [-0.25, -0.2) is 0 Å². The van der Waals surface area contributed by atoms with Crippen LogP contribution in [0.25, 0.3) is 0 Å². The molecule has 0 aromatic carbocycles. The number of Topliss-reactive ketones (excluding diaryl/α,β-unsaturated/α-hetero) is 1. The van der Waals surface area contributed by atoms with Crippen molar-refractivity contribution in [2.24, 2.45) is 0 Å². The highest BCUT2D eigenvalue weighted by molar-refractivity contribution is 5.89. The molecule has 1 saturated heterocycles. The summed E-state index contributed by atoms with van der Waals surface area (Å²) in [7, 11) is 0. The summed E-state index contributed by atoms with van der Waals surface area (Å²) in [5.74, 6) is -0.0143. The third kappa shape index (κ3) is 2.30. The minimum atomic E-state index is -0.230. The van der Waals surface area contributed by atoms with Crippen LogP contribution in [-0.4, -0.2) is 23.0 Å². The van der Waals surface area contributed by atoms with Gasteiger partial charge in [0.1, 0.15) is 6.10 Å². The van der Waals surface area contributed by atoms with E-state index in [1.807, 2.05) is 32.0 Å². The van der Waals surface area contributed by atoms with Gasteiger partial charge in [0, 0.05) is 6.20 Å². The minimum absolute atomic E-state index is 0.156. The maximum Gasteiger partial charge on any atom is 0.170 e. The van der Waals surface area contributed by atoms with Gasteiger partial charge in [0.05, 0.1) is 17.7 Å². The minimum Gasteiger partial charge on any atom is -0.367 e. The fraction of sp³-hybridized carbons (Fsp3) is 0.538. The van der Waals surface area contributed by atoms with Gasteiger partial charge < -0.3 is 4.74 Å². The molecule has 1 aromatic heterocycles. The Balaban J connectivity index is 2.05. The molecule has 2 rings (SSSR count). The van der Waals surface area contributed by atoms with Crippen LogP contribution in [-0.2, 0) is 9.53 Å². The number of aromatic nitrogens is 1. The fourth-order valence-corrected chi connectivity index (χ4v) is 2.07. The van der Waals surface area contributed by atoms with E-state index in [0.29, 0.717) is 0 Å². The van der Waals surface area contributed by atoms with Gasteiger partial charge in [0.2, 0.25) is 0 Å². The largest absolute Gasteiger partial charge is 0.367 e. The molecular weight excluding hydrogens is 202 g/mol. The van der Waals surface area contributed by atoms with Crippen molar-refractivity contribution < 1.29 is 9.53 Å². The van der Waals surface area contributed by atoms with Crippen LogP contribution in [0, 0.1) is 0 Å². The van der Waals surface area contributed by atoms with Crippen LogP contribution in [0.5, 0.6) is 0 Å². The maximum atomic E-state index is 12.1. The Hall–Kier alpha value is -1.22. The first-order chi connectivity index (χ1) is 7.68. The zero-order valence-electron chi connectivity index (χ0n) is 9.72. The van der Waals surface area contributed by atoms with Crippen molar-refractivity contribution >= 4 is 5.78 Å². The van der Waals surface area contributed by atoms with E-state index in [1.54, 1.807) is 6.20 Å². The van der Waals surface area contributed by atoms with Crippen LogP contribution >= 0.6 is 0 Å². The lowest BCUT2D eigenvalue weighted by Crippen LogP contribution is -2.26. The zero-order chi connectivity index (χ0) is 11.5. The summed E-state index contributed by atoms with van der Waals surface area (Å²) in [6, 6.07) is 5.65. The van der Waals surface area contributed by atoms with E-state index >= 15 is 0 Å². The quantitative estimate of drug-likeness (QED) is 0.783. The summed E-state index contributed by atoms with van der Waals surface area (Å²) in [6.07, 6.45) is 3.52. The van der Waals surface area contributed by atoms with Crippen molar-refractivity contribution in [1.29, 1.82) is 0 Å². The number of carbonyl (C=O) groups excluding carboxylic acids is 1. The smallest absolute Gasteiger partial charge is 0.170 e. The van der Waals surface area contributed by atoms with Gasteiger partial charge in [0.25, 0.3) is 0 Å². The van der Waals surface area contributed by atoms with Crippen molar-refractivity contribution in [3.8, 4) is 0 Å². The van der Waals surface area contributed by atoms with Gasteiger partial charge in [-0.2, -0.15) is 0 Å². The highest BCUT2D eigenvalue weighted by Gasteiger charge is 2.31. The second kappa shape index (κ2) is 4.74. The molecule has 0 aliphatic carbocycles. The normalized spacial score (nSPS) is 26.6. The average molecular weight is 219 g/mol. The Labute approximate surface area is 95.8 Å². The topological polar surface area (TPSA) is 39.2 Å². The summed E-state index contributed by atoms with van der Waals surface area (Å²) < 4.78 is 5.59. The van der Waals surface area contributed by atoms with Crippen molar-refractivity contribution in [3.63, 3.8) is 0 Å². The summed E-state index contributed by atoms with van der Waals surface area (Å²) >= 11 is 0. The first-order valence-corrected chi connectivity index (χ1v) is 5.78. The molecule has 1 aliphatic rings. The number of hydrogen-bond acceptors (Lipinski definition) is 3. The van der Waals surface area contributed by atoms with Crippen molar-refractivity contribution in [3.05, 3.63) is 30.1 Å². The standard InChI is InChI=1S/C13H17NO2/c1-9-6-7-12(16-9)13(15)10(2)11-5-3-4-8-14-11/h3-5,8-10,12H,6-7H2,1-2H3. The molecule has 3 heteroatoms. The van der Waals surface area contributed by atoms with Crippen molar-refractivity contribution in [2.45, 2.75) is 44.8 Å². The summed E-state index contributed by atoms with van der Waals surface area (Å²) in [5.41, 5.74) is 0.829. The third-order valence-electron chi connectivity index (χ3n) is 3.11. The van der Waals surface area contributed by atoms with Gasteiger partial charge in [-0.15, -0.1) is 0 Å². The third-order valence-corrected chi connectivity index (χ3v) is 3.11. The number of rotatable bonds is 3. The molecule has 1 aliphatic heterocycles. The molecule has 1 aromatic rings. The molecule has 0 bridgehead atoms. The molecule has 0 amide bonds. The molecule has 0 radical (unpaired) electrons. The molecule has 0 saturated carbocycles. The number of carbonyl (C=O) groups is 1. The van der Waals surface area contributed by atoms with Crippen LogP contribution in [0.2, 0.25) is 0 Å². The SMILES string of the molecule is CC1CCC(C(=O)C(C)c2ccccn2)O1. The van der Waals surface area contributed by atoms with Crippen LogP contribution < -0.4 is 0 Å². The molecule has 3 atom stereocenters. The average Bonchev–Trinajstić information content (AvgIpc) is 2.75. The Bertz CT molecular complexity index is 363. The lowest BCUT2D eigenvalue weighted by molar-refractivity contribution is -0.130. The molecular formula is C13H17NO2. The van der Waals surface area contributed by atoms with E-state index in [1.165, 1.54) is 0 Å². The van der Waals surface area contributed by atoms with Crippen LogP contribution in [0.4, 0.5) is 0 Å². The first-order valence-electron chi connectivity index (χ1n) is 5.78. The van der Waals surface area contributed by atoms with Gasteiger partial charge in [-0.05, 0) is 38.8 Å².